The molecule has 1 saturated carbocycles. The Morgan fingerprint density at radius 1 is 1.24 bits per heavy atom. The first-order valence-corrected chi connectivity index (χ1v) is 13.0. The summed E-state index contributed by atoms with van der Waals surface area (Å²) in [6.07, 6.45) is 6.44. The van der Waals surface area contributed by atoms with Crippen LogP contribution in [-0.2, 0) is 9.53 Å². The van der Waals surface area contributed by atoms with Gasteiger partial charge in [-0.2, -0.15) is 9.78 Å². The van der Waals surface area contributed by atoms with Crippen LogP contribution in [0.15, 0.2) is 50.8 Å². The first-order valence-electron chi connectivity index (χ1n) is 11.2. The maximum absolute atomic E-state index is 13.4. The second-order valence-corrected chi connectivity index (χ2v) is 10.4. The molecule has 2 aromatic carbocycles. The fraction of sp³-hybridized carbons (Fsp3) is 0.360. The number of halogens is 2. The fourth-order valence-corrected chi connectivity index (χ4v) is 5.15. The summed E-state index contributed by atoms with van der Waals surface area (Å²) in [6, 6.07) is 11.1. The number of methoxy groups -OCH3 is 1. The molecule has 7 nitrogen and oxygen atoms in total. The third-order valence-electron chi connectivity index (χ3n) is 5.92. The lowest BCUT2D eigenvalue weighted by Gasteiger charge is -2.22. The molecule has 0 spiro atoms. The van der Waals surface area contributed by atoms with Crippen LogP contribution < -0.4 is 10.3 Å². The normalized spacial score (nSPS) is 15.5. The molecule has 1 aliphatic carbocycles. The van der Waals surface area contributed by atoms with Crippen LogP contribution in [-0.4, -0.2) is 35.1 Å². The molecule has 1 atom stereocenters. The minimum atomic E-state index is -0.711. The zero-order valence-electron chi connectivity index (χ0n) is 19.0. The van der Waals surface area contributed by atoms with Gasteiger partial charge in [-0.3, -0.25) is 4.79 Å². The minimum absolute atomic E-state index is 0.176. The summed E-state index contributed by atoms with van der Waals surface area (Å²) >= 11 is 5.60. The second kappa shape index (κ2) is 11.0. The fourth-order valence-electron chi connectivity index (χ4n) is 4.12. The molecule has 0 bridgehead atoms. The molecule has 0 unspecified atom stereocenters. The molecule has 1 fully saturated rings. The largest absolute Gasteiger partial charge is 0.478 e. The number of rotatable bonds is 6. The Balaban J connectivity index is 1.70. The van der Waals surface area contributed by atoms with Crippen molar-refractivity contribution in [1.82, 2.24) is 9.66 Å². The Morgan fingerprint density at radius 3 is 2.71 bits per heavy atom. The molecule has 9 heteroatoms. The lowest BCUT2D eigenvalue weighted by atomic mass is 9.88. The SMILES string of the molecule is COC(=O)[C@H](C)Oc1ccc(C=Nn2c(C3CCCCC3)nc3ccc(Br)cc3c2=O)cc1I. The molecule has 0 amide bonds. The maximum atomic E-state index is 13.4. The van der Waals surface area contributed by atoms with Crippen molar-refractivity contribution in [3.63, 3.8) is 0 Å². The Labute approximate surface area is 219 Å². The monoisotopic (exact) mass is 637 g/mol. The summed E-state index contributed by atoms with van der Waals surface area (Å²) in [4.78, 5) is 29.9. The van der Waals surface area contributed by atoms with Gasteiger partial charge in [-0.1, -0.05) is 35.2 Å². The standard InChI is InChI=1S/C25H25BrIN3O4/c1-15(25(32)33-2)34-22-11-8-16(12-20(22)27)14-28-30-23(17-6-4-3-5-7-17)29-21-10-9-18(26)13-19(21)24(30)31/h8-15,17H,3-7H2,1-2H3/t15-/m0/s1. The van der Waals surface area contributed by atoms with Gasteiger partial charge in [0.1, 0.15) is 11.6 Å². The van der Waals surface area contributed by atoms with E-state index in [0.29, 0.717) is 16.7 Å². The van der Waals surface area contributed by atoms with Crippen molar-refractivity contribution in [2.75, 3.05) is 7.11 Å². The van der Waals surface area contributed by atoms with Gasteiger partial charge < -0.3 is 9.47 Å². The van der Waals surface area contributed by atoms with E-state index in [0.717, 1.165) is 45.1 Å². The van der Waals surface area contributed by atoms with Gasteiger partial charge in [-0.05, 0) is 84.3 Å². The Kier molecular flexibility index (Phi) is 8.02. The summed E-state index contributed by atoms with van der Waals surface area (Å²) in [5.41, 5.74) is 1.32. The Morgan fingerprint density at radius 2 is 2.00 bits per heavy atom. The topological polar surface area (TPSA) is 82.8 Å². The minimum Gasteiger partial charge on any atom is -0.478 e. The van der Waals surface area contributed by atoms with E-state index >= 15 is 0 Å². The average Bonchev–Trinajstić information content (AvgIpc) is 2.85. The van der Waals surface area contributed by atoms with Gasteiger partial charge in [-0.15, -0.1) is 0 Å². The summed E-state index contributed by atoms with van der Waals surface area (Å²) in [5.74, 6) is 1.07. The highest BCUT2D eigenvalue weighted by atomic mass is 127. The van der Waals surface area contributed by atoms with Crippen LogP contribution in [0.3, 0.4) is 0 Å². The van der Waals surface area contributed by atoms with E-state index in [-0.39, 0.29) is 11.5 Å². The highest BCUT2D eigenvalue weighted by Crippen LogP contribution is 2.32. The molecule has 1 heterocycles. The lowest BCUT2D eigenvalue weighted by Crippen LogP contribution is -2.25. The molecule has 3 aromatic rings. The average molecular weight is 638 g/mol. The maximum Gasteiger partial charge on any atom is 0.346 e. The molecule has 178 valence electrons. The first kappa shape index (κ1) is 24.8. The molecule has 0 N–H and O–H groups in total. The van der Waals surface area contributed by atoms with Crippen LogP contribution in [0, 0.1) is 3.57 Å². The van der Waals surface area contributed by atoms with Crippen molar-refractivity contribution in [1.29, 1.82) is 0 Å². The van der Waals surface area contributed by atoms with Crippen LogP contribution in [0.5, 0.6) is 5.75 Å². The van der Waals surface area contributed by atoms with Crippen molar-refractivity contribution >= 4 is 61.6 Å². The molecule has 0 saturated heterocycles. The van der Waals surface area contributed by atoms with Crippen LogP contribution in [0.1, 0.15) is 56.3 Å². The van der Waals surface area contributed by atoms with Gasteiger partial charge in [0.25, 0.3) is 5.56 Å². The predicted octanol–water partition coefficient (Wildman–Crippen LogP) is 5.63. The van der Waals surface area contributed by atoms with Crippen LogP contribution in [0.25, 0.3) is 10.9 Å². The van der Waals surface area contributed by atoms with Gasteiger partial charge in [0.15, 0.2) is 6.10 Å². The van der Waals surface area contributed by atoms with E-state index < -0.39 is 12.1 Å². The Bertz CT molecular complexity index is 1300. The number of hydrogen-bond acceptors (Lipinski definition) is 6. The number of aromatic nitrogens is 2. The van der Waals surface area contributed by atoms with E-state index in [1.54, 1.807) is 25.3 Å². The van der Waals surface area contributed by atoms with E-state index in [9.17, 15) is 9.59 Å². The van der Waals surface area contributed by atoms with E-state index in [1.165, 1.54) is 18.2 Å². The summed E-state index contributed by atoms with van der Waals surface area (Å²) in [6.45, 7) is 1.64. The highest BCUT2D eigenvalue weighted by Gasteiger charge is 2.22. The summed E-state index contributed by atoms with van der Waals surface area (Å²) in [5, 5.41) is 5.12. The molecule has 1 aromatic heterocycles. The molecule has 1 aliphatic rings. The highest BCUT2D eigenvalue weighted by molar-refractivity contribution is 14.1. The second-order valence-electron chi connectivity index (χ2n) is 8.30. The lowest BCUT2D eigenvalue weighted by molar-refractivity contribution is -0.147. The number of ether oxygens (including phenoxy) is 2. The molecule has 0 aliphatic heterocycles. The summed E-state index contributed by atoms with van der Waals surface area (Å²) < 4.78 is 13.5. The number of benzene rings is 2. The van der Waals surface area contributed by atoms with Gasteiger partial charge in [0.05, 0.1) is 27.8 Å². The van der Waals surface area contributed by atoms with E-state index in [1.807, 2.05) is 24.3 Å². The van der Waals surface area contributed by atoms with E-state index in [2.05, 4.69) is 43.6 Å². The van der Waals surface area contributed by atoms with E-state index in [4.69, 9.17) is 14.5 Å². The molecule has 4 rings (SSSR count). The number of hydrogen-bond donors (Lipinski definition) is 0. The third-order valence-corrected chi connectivity index (χ3v) is 7.26. The van der Waals surface area contributed by atoms with Crippen molar-refractivity contribution in [3.8, 4) is 5.75 Å². The number of carbonyl (C=O) groups excluding carboxylic acids is 1. The van der Waals surface area contributed by atoms with Gasteiger partial charge >= 0.3 is 5.97 Å². The first-order chi connectivity index (χ1) is 16.4. The number of carbonyl (C=O) groups is 1. The van der Waals surface area contributed by atoms with Crippen molar-refractivity contribution in [2.45, 2.75) is 51.0 Å². The number of esters is 1. The van der Waals surface area contributed by atoms with Crippen LogP contribution in [0.4, 0.5) is 0 Å². The molecular weight excluding hydrogens is 613 g/mol. The quantitative estimate of drug-likeness (QED) is 0.199. The molecular formula is C25H25BrIN3O4. The van der Waals surface area contributed by atoms with Crippen LogP contribution in [0.2, 0.25) is 0 Å². The van der Waals surface area contributed by atoms with Gasteiger partial charge in [-0.25, -0.2) is 9.78 Å². The molecule has 0 radical (unpaired) electrons. The smallest absolute Gasteiger partial charge is 0.346 e. The van der Waals surface area contributed by atoms with Crippen molar-refractivity contribution in [2.24, 2.45) is 5.10 Å². The Hall–Kier alpha value is -2.27. The van der Waals surface area contributed by atoms with Crippen molar-refractivity contribution in [3.05, 3.63) is 66.2 Å². The molecule has 34 heavy (non-hydrogen) atoms. The zero-order chi connectivity index (χ0) is 24.2. The van der Waals surface area contributed by atoms with Gasteiger partial charge in [0.2, 0.25) is 0 Å². The van der Waals surface area contributed by atoms with Gasteiger partial charge in [0, 0.05) is 10.4 Å². The number of nitrogens with zero attached hydrogens (tertiary/aromatic N) is 3. The zero-order valence-corrected chi connectivity index (χ0v) is 22.7. The predicted molar refractivity (Wildman–Crippen MR) is 144 cm³/mol. The summed E-state index contributed by atoms with van der Waals surface area (Å²) in [7, 11) is 1.33. The van der Waals surface area contributed by atoms with Crippen LogP contribution >= 0.6 is 38.5 Å². The number of fused-ring (bicyclic) bond motifs is 1. The third kappa shape index (κ3) is 5.51. The van der Waals surface area contributed by atoms with Crippen molar-refractivity contribution < 1.29 is 14.3 Å².